The van der Waals surface area contributed by atoms with Crippen molar-refractivity contribution >= 4 is 46.7 Å². The molecule has 0 fully saturated rings. The molecule has 0 aliphatic rings. The van der Waals surface area contributed by atoms with E-state index in [2.05, 4.69) is 20.5 Å². The van der Waals surface area contributed by atoms with Gasteiger partial charge >= 0.3 is 5.69 Å². The maximum atomic E-state index is 12.6. The molecule has 2 aromatic carbocycles. The number of nitrogens with zero attached hydrogens (tertiary/aromatic N) is 5. The second-order valence-corrected chi connectivity index (χ2v) is 7.92. The van der Waals surface area contributed by atoms with Crippen molar-refractivity contribution in [2.24, 2.45) is 12.1 Å². The van der Waals surface area contributed by atoms with Crippen molar-refractivity contribution < 1.29 is 9.66 Å². The monoisotopic (exact) mass is 509 g/mol. The number of nitro groups is 1. The SMILES string of the molecule is Cn1c(=O)[nH]c(=O)c2c1nc(NN=C/C(Cl)=C\c1ccc([N+](=O)[O-])cc1)n2CCOc1ccccc1. The fourth-order valence-electron chi connectivity index (χ4n) is 3.35. The Morgan fingerprint density at radius 1 is 1.22 bits per heavy atom. The molecule has 0 bridgehead atoms. The number of aromatic amines is 1. The molecule has 13 heteroatoms. The number of para-hydroxylation sites is 1. The van der Waals surface area contributed by atoms with Gasteiger partial charge in [-0.2, -0.15) is 10.1 Å². The first-order chi connectivity index (χ1) is 17.3. The molecule has 0 unspecified atom stereocenters. The Labute approximate surface area is 208 Å². The zero-order chi connectivity index (χ0) is 25.7. The van der Waals surface area contributed by atoms with Crippen molar-refractivity contribution in [2.75, 3.05) is 12.0 Å². The first-order valence-electron chi connectivity index (χ1n) is 10.6. The molecule has 0 aliphatic heterocycles. The van der Waals surface area contributed by atoms with Crippen LogP contribution >= 0.6 is 11.6 Å². The number of nitrogens with one attached hydrogen (secondary N) is 2. The van der Waals surface area contributed by atoms with Crippen LogP contribution in [0.15, 0.2) is 74.3 Å². The fraction of sp³-hybridized carbons (Fsp3) is 0.130. The van der Waals surface area contributed by atoms with Crippen LogP contribution in [-0.2, 0) is 13.6 Å². The van der Waals surface area contributed by atoms with Crippen LogP contribution in [0.25, 0.3) is 17.2 Å². The van der Waals surface area contributed by atoms with Gasteiger partial charge in [0.15, 0.2) is 11.2 Å². The van der Waals surface area contributed by atoms with Crippen LogP contribution in [0.3, 0.4) is 0 Å². The number of hydrazone groups is 1. The molecule has 0 atom stereocenters. The van der Waals surface area contributed by atoms with E-state index in [0.29, 0.717) is 11.3 Å². The summed E-state index contributed by atoms with van der Waals surface area (Å²) >= 11 is 6.22. The summed E-state index contributed by atoms with van der Waals surface area (Å²) in [6.45, 7) is 0.452. The highest BCUT2D eigenvalue weighted by atomic mass is 35.5. The van der Waals surface area contributed by atoms with Crippen LogP contribution in [0.4, 0.5) is 11.6 Å². The lowest BCUT2D eigenvalue weighted by molar-refractivity contribution is -0.384. The highest BCUT2D eigenvalue weighted by Gasteiger charge is 2.17. The van der Waals surface area contributed by atoms with E-state index in [4.69, 9.17) is 16.3 Å². The Kier molecular flexibility index (Phi) is 7.25. The number of hydrogen-bond acceptors (Lipinski definition) is 8. The second-order valence-electron chi connectivity index (χ2n) is 7.49. The predicted molar refractivity (Wildman–Crippen MR) is 137 cm³/mol. The number of anilines is 1. The van der Waals surface area contributed by atoms with E-state index < -0.39 is 16.2 Å². The Balaban J connectivity index is 1.57. The van der Waals surface area contributed by atoms with Gasteiger partial charge in [0.05, 0.1) is 22.7 Å². The van der Waals surface area contributed by atoms with Crippen LogP contribution in [0.1, 0.15) is 5.56 Å². The van der Waals surface area contributed by atoms with Crippen LogP contribution in [0.2, 0.25) is 0 Å². The molecule has 0 spiro atoms. The minimum Gasteiger partial charge on any atom is -0.492 e. The van der Waals surface area contributed by atoms with Crippen LogP contribution < -0.4 is 21.4 Å². The van der Waals surface area contributed by atoms with Gasteiger partial charge in [0.25, 0.3) is 11.2 Å². The van der Waals surface area contributed by atoms with E-state index in [-0.39, 0.29) is 41.0 Å². The second kappa shape index (κ2) is 10.7. The van der Waals surface area contributed by atoms with Gasteiger partial charge in [-0.25, -0.2) is 10.2 Å². The quantitative estimate of drug-likeness (QED) is 0.200. The first-order valence-corrected chi connectivity index (χ1v) is 11.0. The number of nitro benzene ring substituents is 1. The Bertz CT molecular complexity index is 1570. The fourth-order valence-corrected chi connectivity index (χ4v) is 3.52. The molecular weight excluding hydrogens is 490 g/mol. The van der Waals surface area contributed by atoms with E-state index in [9.17, 15) is 19.7 Å². The molecular formula is C23H20ClN7O5. The summed E-state index contributed by atoms with van der Waals surface area (Å²) in [6, 6.07) is 15.0. The molecule has 0 radical (unpaired) electrons. The highest BCUT2D eigenvalue weighted by molar-refractivity contribution is 6.41. The zero-order valence-electron chi connectivity index (χ0n) is 18.9. The number of aryl methyl sites for hydroxylation is 1. The largest absolute Gasteiger partial charge is 0.492 e. The minimum absolute atomic E-state index is 0.0295. The summed E-state index contributed by atoms with van der Waals surface area (Å²) in [6.07, 6.45) is 2.89. The molecule has 4 aromatic rings. The van der Waals surface area contributed by atoms with Gasteiger partial charge in [0.2, 0.25) is 5.95 Å². The van der Waals surface area contributed by atoms with Crippen molar-refractivity contribution in [1.29, 1.82) is 0 Å². The number of fused-ring (bicyclic) bond motifs is 1. The lowest BCUT2D eigenvalue weighted by atomic mass is 10.2. The van der Waals surface area contributed by atoms with Gasteiger partial charge in [-0.05, 0) is 35.9 Å². The van der Waals surface area contributed by atoms with Crippen molar-refractivity contribution in [3.8, 4) is 5.75 Å². The summed E-state index contributed by atoms with van der Waals surface area (Å²) in [5.41, 5.74) is 2.53. The zero-order valence-corrected chi connectivity index (χ0v) is 19.7. The predicted octanol–water partition coefficient (Wildman–Crippen LogP) is 3.09. The van der Waals surface area contributed by atoms with Gasteiger partial charge in [-0.1, -0.05) is 29.8 Å². The topological polar surface area (TPSA) is 149 Å². The molecule has 2 aromatic heterocycles. The molecule has 4 rings (SSSR count). The van der Waals surface area contributed by atoms with Crippen LogP contribution in [0.5, 0.6) is 5.75 Å². The van der Waals surface area contributed by atoms with E-state index >= 15 is 0 Å². The molecule has 36 heavy (non-hydrogen) atoms. The summed E-state index contributed by atoms with van der Waals surface area (Å²) in [5.74, 6) is 0.864. The van der Waals surface area contributed by atoms with Crippen molar-refractivity contribution in [1.82, 2.24) is 19.1 Å². The number of hydrogen-bond donors (Lipinski definition) is 2. The van der Waals surface area contributed by atoms with Gasteiger partial charge in [0.1, 0.15) is 12.4 Å². The molecule has 184 valence electrons. The number of ether oxygens (including phenoxy) is 1. The number of aromatic nitrogens is 4. The maximum absolute atomic E-state index is 12.6. The highest BCUT2D eigenvalue weighted by Crippen LogP contribution is 2.17. The van der Waals surface area contributed by atoms with Crippen molar-refractivity contribution in [2.45, 2.75) is 6.54 Å². The van der Waals surface area contributed by atoms with Crippen molar-refractivity contribution in [3.05, 3.63) is 96.1 Å². The van der Waals surface area contributed by atoms with E-state index in [0.717, 1.165) is 0 Å². The summed E-state index contributed by atoms with van der Waals surface area (Å²) in [4.78, 5) is 41.5. The normalized spacial score (nSPS) is 11.8. The summed E-state index contributed by atoms with van der Waals surface area (Å²) < 4.78 is 8.52. The van der Waals surface area contributed by atoms with E-state index in [1.165, 1.54) is 30.0 Å². The van der Waals surface area contributed by atoms with Gasteiger partial charge in [0, 0.05) is 19.2 Å². The Hall–Kier alpha value is -4.71. The third kappa shape index (κ3) is 5.50. The maximum Gasteiger partial charge on any atom is 0.329 e. The first kappa shape index (κ1) is 24.4. The van der Waals surface area contributed by atoms with Gasteiger partial charge in [-0.3, -0.25) is 29.0 Å². The molecule has 0 saturated carbocycles. The molecule has 0 aliphatic carbocycles. The number of allylic oxidation sites excluding steroid dienone is 1. The average molecular weight is 510 g/mol. The van der Waals surface area contributed by atoms with Crippen LogP contribution in [0, 0.1) is 10.1 Å². The number of non-ortho nitro benzene ring substituents is 1. The van der Waals surface area contributed by atoms with E-state index in [1.807, 2.05) is 30.3 Å². The number of halogens is 1. The molecule has 12 nitrogen and oxygen atoms in total. The molecule has 2 heterocycles. The molecule has 2 N–H and O–H groups in total. The molecule has 0 amide bonds. The Morgan fingerprint density at radius 2 is 1.94 bits per heavy atom. The van der Waals surface area contributed by atoms with Gasteiger partial charge in [-0.15, -0.1) is 0 Å². The number of benzene rings is 2. The standard InChI is InChI=1S/C23H20ClN7O5/c1-29-20-19(21(32)27-23(29)33)30(11-12-36-18-5-3-2-4-6-18)22(26-20)28-25-14-16(24)13-15-7-9-17(10-8-15)31(34)35/h2-10,13-14H,11-12H2,1H3,(H,26,28)(H,27,32,33)/b16-13+,25-14?. The Morgan fingerprint density at radius 3 is 2.64 bits per heavy atom. The summed E-state index contributed by atoms with van der Waals surface area (Å²) in [5, 5.41) is 15.1. The number of rotatable bonds is 9. The third-order valence-corrected chi connectivity index (χ3v) is 5.30. The number of imidazole rings is 1. The number of H-pyrrole nitrogens is 1. The van der Waals surface area contributed by atoms with E-state index in [1.54, 1.807) is 22.8 Å². The van der Waals surface area contributed by atoms with Crippen LogP contribution in [-0.4, -0.2) is 36.8 Å². The average Bonchev–Trinajstić information content (AvgIpc) is 3.22. The minimum atomic E-state index is -0.596. The smallest absolute Gasteiger partial charge is 0.329 e. The lowest BCUT2D eigenvalue weighted by Crippen LogP contribution is -2.29. The lowest BCUT2D eigenvalue weighted by Gasteiger charge is -2.10. The third-order valence-electron chi connectivity index (χ3n) is 5.09. The van der Waals surface area contributed by atoms with Gasteiger partial charge < -0.3 is 4.74 Å². The van der Waals surface area contributed by atoms with Crippen molar-refractivity contribution in [3.63, 3.8) is 0 Å². The summed E-state index contributed by atoms with van der Waals surface area (Å²) in [7, 11) is 1.50. The molecule has 0 saturated heterocycles.